The smallest absolute Gasteiger partial charge is 0.253 e. The van der Waals surface area contributed by atoms with Gasteiger partial charge >= 0.3 is 0 Å². The van der Waals surface area contributed by atoms with Crippen LogP contribution in [0.4, 0.5) is 5.69 Å². The molecule has 0 unspecified atom stereocenters. The number of nitrogens with two attached hydrogens (primary N) is 1. The quantitative estimate of drug-likeness (QED) is 0.844. The van der Waals surface area contributed by atoms with Crippen molar-refractivity contribution >= 4 is 22.9 Å². The van der Waals surface area contributed by atoms with E-state index in [2.05, 4.69) is 5.32 Å². The number of rotatable bonds is 4. The van der Waals surface area contributed by atoms with Crippen molar-refractivity contribution < 1.29 is 9.53 Å². The van der Waals surface area contributed by atoms with Gasteiger partial charge in [0.2, 0.25) is 0 Å². The van der Waals surface area contributed by atoms with Crippen LogP contribution in [0.2, 0.25) is 0 Å². The molecule has 0 bridgehead atoms. The number of aryl methyl sites for hydroxylation is 1. The van der Waals surface area contributed by atoms with Crippen molar-refractivity contribution in [3.8, 4) is 5.75 Å². The Morgan fingerprint density at radius 2 is 2.21 bits per heavy atom. The van der Waals surface area contributed by atoms with Crippen molar-refractivity contribution in [2.45, 2.75) is 13.5 Å². The Labute approximate surface area is 116 Å². The monoisotopic (exact) mass is 276 g/mol. The van der Waals surface area contributed by atoms with Crippen LogP contribution in [0.3, 0.4) is 0 Å². The molecule has 0 aliphatic heterocycles. The zero-order chi connectivity index (χ0) is 13.8. The molecule has 2 aromatic rings. The molecular weight excluding hydrogens is 260 g/mol. The van der Waals surface area contributed by atoms with E-state index in [9.17, 15) is 4.79 Å². The van der Waals surface area contributed by atoms with E-state index in [1.165, 1.54) is 5.56 Å². The first-order valence-electron chi connectivity index (χ1n) is 5.86. The zero-order valence-electron chi connectivity index (χ0n) is 10.9. The Balaban J connectivity index is 2.06. The molecule has 0 radical (unpaired) electrons. The van der Waals surface area contributed by atoms with Gasteiger partial charge in [-0.3, -0.25) is 4.79 Å². The predicted octanol–water partition coefficient (Wildman–Crippen LogP) is 2.58. The van der Waals surface area contributed by atoms with Crippen molar-refractivity contribution in [2.24, 2.45) is 0 Å². The lowest BCUT2D eigenvalue weighted by molar-refractivity contribution is 0.0952. The molecular formula is C14H16N2O2S. The minimum absolute atomic E-state index is 0.173. The first-order chi connectivity index (χ1) is 9.11. The topological polar surface area (TPSA) is 64.3 Å². The fourth-order valence-corrected chi connectivity index (χ4v) is 2.56. The van der Waals surface area contributed by atoms with Crippen molar-refractivity contribution in [3.05, 3.63) is 45.6 Å². The number of benzene rings is 1. The average molecular weight is 276 g/mol. The zero-order valence-corrected chi connectivity index (χ0v) is 11.7. The van der Waals surface area contributed by atoms with Gasteiger partial charge in [-0.15, -0.1) is 11.3 Å². The lowest BCUT2D eigenvalue weighted by atomic mass is 10.1. The summed E-state index contributed by atoms with van der Waals surface area (Å²) in [6, 6.07) is 7.08. The molecule has 1 aromatic carbocycles. The van der Waals surface area contributed by atoms with Crippen LogP contribution in [0, 0.1) is 6.92 Å². The molecule has 1 heterocycles. The van der Waals surface area contributed by atoms with Crippen LogP contribution in [0.5, 0.6) is 5.75 Å². The number of carbonyl (C=O) groups excluding carboxylic acids is 1. The lowest BCUT2D eigenvalue weighted by Crippen LogP contribution is -2.23. The van der Waals surface area contributed by atoms with E-state index >= 15 is 0 Å². The van der Waals surface area contributed by atoms with E-state index in [0.29, 0.717) is 23.5 Å². The molecule has 0 aliphatic rings. The van der Waals surface area contributed by atoms with E-state index < -0.39 is 0 Å². The van der Waals surface area contributed by atoms with Gasteiger partial charge in [-0.2, -0.15) is 0 Å². The van der Waals surface area contributed by atoms with E-state index in [4.69, 9.17) is 10.5 Å². The highest BCUT2D eigenvalue weighted by molar-refractivity contribution is 7.10. The van der Waals surface area contributed by atoms with Crippen LogP contribution in [0.15, 0.2) is 29.6 Å². The third-order valence-electron chi connectivity index (χ3n) is 2.88. The van der Waals surface area contributed by atoms with Gasteiger partial charge in [0, 0.05) is 16.6 Å². The van der Waals surface area contributed by atoms with Crippen molar-refractivity contribution in [3.63, 3.8) is 0 Å². The number of thiophene rings is 1. The molecule has 0 atom stereocenters. The maximum atomic E-state index is 12.0. The number of nitrogen functional groups attached to an aromatic ring is 1. The minimum atomic E-state index is -0.173. The lowest BCUT2D eigenvalue weighted by Gasteiger charge is -2.08. The summed E-state index contributed by atoms with van der Waals surface area (Å²) in [5.41, 5.74) is 7.91. The average Bonchev–Trinajstić information content (AvgIpc) is 2.81. The summed E-state index contributed by atoms with van der Waals surface area (Å²) in [6.45, 7) is 2.55. The summed E-state index contributed by atoms with van der Waals surface area (Å²) in [5.74, 6) is 0.469. The third-order valence-corrected chi connectivity index (χ3v) is 3.90. The molecule has 0 saturated heterocycles. The van der Waals surface area contributed by atoms with Crippen molar-refractivity contribution in [1.29, 1.82) is 0 Å². The van der Waals surface area contributed by atoms with E-state index in [-0.39, 0.29) is 5.91 Å². The number of methoxy groups -OCH3 is 1. The molecule has 0 saturated carbocycles. The second kappa shape index (κ2) is 5.75. The molecule has 19 heavy (non-hydrogen) atoms. The fraction of sp³-hybridized carbons (Fsp3) is 0.214. The molecule has 0 aliphatic carbocycles. The van der Waals surface area contributed by atoms with E-state index in [1.54, 1.807) is 36.6 Å². The van der Waals surface area contributed by atoms with Crippen LogP contribution in [0.1, 0.15) is 20.8 Å². The minimum Gasteiger partial charge on any atom is -0.497 e. The second-order valence-electron chi connectivity index (χ2n) is 4.16. The number of carbonyl (C=O) groups is 1. The second-order valence-corrected chi connectivity index (χ2v) is 5.16. The Hall–Kier alpha value is -2.01. The highest BCUT2D eigenvalue weighted by Crippen LogP contribution is 2.20. The number of anilines is 1. The van der Waals surface area contributed by atoms with Crippen LogP contribution in [-0.2, 0) is 6.54 Å². The van der Waals surface area contributed by atoms with Gasteiger partial charge in [0.05, 0.1) is 19.2 Å². The number of amides is 1. The van der Waals surface area contributed by atoms with Gasteiger partial charge in [0.1, 0.15) is 5.75 Å². The molecule has 5 heteroatoms. The number of ether oxygens (including phenoxy) is 1. The summed E-state index contributed by atoms with van der Waals surface area (Å²) in [7, 11) is 1.56. The summed E-state index contributed by atoms with van der Waals surface area (Å²) in [5, 5.41) is 4.88. The van der Waals surface area contributed by atoms with Crippen molar-refractivity contribution in [2.75, 3.05) is 12.8 Å². The molecule has 1 aromatic heterocycles. The molecule has 0 fully saturated rings. The highest BCUT2D eigenvalue weighted by atomic mass is 32.1. The van der Waals surface area contributed by atoms with Crippen molar-refractivity contribution in [1.82, 2.24) is 5.32 Å². The Morgan fingerprint density at radius 1 is 1.42 bits per heavy atom. The largest absolute Gasteiger partial charge is 0.497 e. The van der Waals surface area contributed by atoms with E-state index in [0.717, 1.165) is 4.88 Å². The van der Waals surface area contributed by atoms with Gasteiger partial charge in [-0.1, -0.05) is 0 Å². The number of nitrogens with one attached hydrogen (secondary N) is 1. The maximum Gasteiger partial charge on any atom is 0.253 e. The maximum absolute atomic E-state index is 12.0. The predicted molar refractivity (Wildman–Crippen MR) is 77.6 cm³/mol. The first-order valence-corrected chi connectivity index (χ1v) is 6.74. The number of hydrogen-bond acceptors (Lipinski definition) is 4. The Morgan fingerprint density at radius 3 is 2.79 bits per heavy atom. The Bertz CT molecular complexity index is 593. The highest BCUT2D eigenvalue weighted by Gasteiger charge is 2.11. The number of hydrogen-bond donors (Lipinski definition) is 2. The van der Waals surface area contributed by atoms with Gasteiger partial charge in [-0.25, -0.2) is 0 Å². The van der Waals surface area contributed by atoms with Crippen LogP contribution < -0.4 is 15.8 Å². The van der Waals surface area contributed by atoms with Gasteiger partial charge < -0.3 is 15.8 Å². The van der Waals surface area contributed by atoms with Gasteiger partial charge in [0.15, 0.2) is 0 Å². The van der Waals surface area contributed by atoms with Gasteiger partial charge in [0.25, 0.3) is 5.91 Å². The fourth-order valence-electron chi connectivity index (χ4n) is 1.72. The van der Waals surface area contributed by atoms with E-state index in [1.807, 2.05) is 18.4 Å². The first kappa shape index (κ1) is 13.4. The molecule has 2 rings (SSSR count). The van der Waals surface area contributed by atoms with Crippen LogP contribution in [0.25, 0.3) is 0 Å². The summed E-state index contributed by atoms with van der Waals surface area (Å²) in [4.78, 5) is 13.2. The SMILES string of the molecule is COc1ccc(C(=O)NCc2sccc2C)c(N)c1. The van der Waals surface area contributed by atoms with Crippen LogP contribution >= 0.6 is 11.3 Å². The Kier molecular flexibility index (Phi) is 4.06. The normalized spacial score (nSPS) is 10.2. The molecule has 3 N–H and O–H groups in total. The summed E-state index contributed by atoms with van der Waals surface area (Å²) in [6.07, 6.45) is 0. The molecule has 100 valence electrons. The molecule has 1 amide bonds. The third kappa shape index (κ3) is 3.06. The van der Waals surface area contributed by atoms with Crippen LogP contribution in [-0.4, -0.2) is 13.0 Å². The summed E-state index contributed by atoms with van der Waals surface area (Å²) >= 11 is 1.63. The molecule has 4 nitrogen and oxygen atoms in total. The van der Waals surface area contributed by atoms with Gasteiger partial charge in [-0.05, 0) is 36.1 Å². The molecule has 0 spiro atoms. The summed E-state index contributed by atoms with van der Waals surface area (Å²) < 4.78 is 5.05. The standard InChI is InChI=1S/C14H16N2O2S/c1-9-5-6-19-13(9)8-16-14(17)11-4-3-10(18-2)7-12(11)15/h3-7H,8,15H2,1-2H3,(H,16,17).